The number of H-pyrrole nitrogens is 1. The van der Waals surface area contributed by atoms with Crippen molar-refractivity contribution >= 4 is 21.6 Å². The monoisotopic (exact) mass is 468 g/mol. The number of hydrogen-bond acceptors (Lipinski definition) is 6. The summed E-state index contributed by atoms with van der Waals surface area (Å²) in [6.45, 7) is 2.56. The fourth-order valence-corrected chi connectivity index (χ4v) is 5.11. The average molecular weight is 469 g/mol. The Bertz CT molecular complexity index is 1310. The first kappa shape index (κ1) is 22.7. The fourth-order valence-electron chi connectivity index (χ4n) is 3.59. The number of nitrogens with zero attached hydrogens (tertiary/aromatic N) is 2. The summed E-state index contributed by atoms with van der Waals surface area (Å²) in [7, 11) is -3.49. The Morgan fingerprint density at radius 2 is 1.85 bits per heavy atom. The van der Waals surface area contributed by atoms with Crippen LogP contribution < -0.4 is 15.6 Å². The van der Waals surface area contributed by atoms with Gasteiger partial charge in [-0.15, -0.1) is 0 Å². The van der Waals surface area contributed by atoms with E-state index >= 15 is 0 Å². The molecule has 0 unspecified atom stereocenters. The number of carbonyl (C=O) groups excluding carboxylic acids is 1. The van der Waals surface area contributed by atoms with E-state index in [1.807, 2.05) is 0 Å². The van der Waals surface area contributed by atoms with Crippen LogP contribution in [0.2, 0.25) is 0 Å². The number of benzene rings is 2. The third-order valence-corrected chi connectivity index (χ3v) is 7.10. The molecule has 2 N–H and O–H groups in total. The number of ether oxygens (including phenoxy) is 1. The average Bonchev–Trinajstić information content (AvgIpc) is 3.34. The molecular weight excluding hydrogens is 444 g/mol. The Labute approximate surface area is 191 Å². The predicted octanol–water partition coefficient (Wildman–Crippen LogP) is 2.55. The minimum absolute atomic E-state index is 0.209. The SMILES string of the molecule is Cc1cc(=O)[nH]c(-c2cccc(NC(=O)COc3ccc(S(=O)(=O)N4CCCC4)cc3)c2)n1. The lowest BCUT2D eigenvalue weighted by Crippen LogP contribution is -2.27. The number of nitrogens with one attached hydrogen (secondary N) is 2. The molecule has 0 aliphatic carbocycles. The quantitative estimate of drug-likeness (QED) is 0.550. The van der Waals surface area contributed by atoms with E-state index in [-0.39, 0.29) is 23.0 Å². The summed E-state index contributed by atoms with van der Waals surface area (Å²) in [5, 5.41) is 2.74. The molecule has 1 aromatic heterocycles. The van der Waals surface area contributed by atoms with Crippen molar-refractivity contribution in [2.45, 2.75) is 24.7 Å². The van der Waals surface area contributed by atoms with Crippen molar-refractivity contribution in [2.75, 3.05) is 25.0 Å². The third-order valence-electron chi connectivity index (χ3n) is 5.19. The largest absolute Gasteiger partial charge is 0.484 e. The second-order valence-corrected chi connectivity index (χ2v) is 9.67. The Morgan fingerprint density at radius 3 is 2.55 bits per heavy atom. The molecule has 0 atom stereocenters. The normalized spacial score (nSPS) is 14.2. The molecule has 4 rings (SSSR count). The lowest BCUT2D eigenvalue weighted by atomic mass is 10.2. The summed E-state index contributed by atoms with van der Waals surface area (Å²) in [5.74, 6) is 0.420. The summed E-state index contributed by atoms with van der Waals surface area (Å²) in [4.78, 5) is 31.2. The van der Waals surface area contributed by atoms with Crippen molar-refractivity contribution in [3.63, 3.8) is 0 Å². The fraction of sp³-hybridized carbons (Fsp3) is 0.261. The first-order valence-corrected chi connectivity index (χ1v) is 12.0. The number of rotatable bonds is 7. The first-order valence-electron chi connectivity index (χ1n) is 10.5. The van der Waals surface area contributed by atoms with Gasteiger partial charge in [0.05, 0.1) is 4.90 Å². The smallest absolute Gasteiger partial charge is 0.262 e. The summed E-state index contributed by atoms with van der Waals surface area (Å²) in [5.41, 5.74) is 1.53. The molecular formula is C23H24N4O5S. The highest BCUT2D eigenvalue weighted by molar-refractivity contribution is 7.89. The molecule has 2 aromatic carbocycles. The summed E-state index contributed by atoms with van der Waals surface area (Å²) in [6, 6.07) is 14.4. The number of amides is 1. The van der Waals surface area contributed by atoms with E-state index in [0.717, 1.165) is 12.8 Å². The maximum absolute atomic E-state index is 12.6. The minimum atomic E-state index is -3.49. The molecule has 1 aliphatic rings. The van der Waals surface area contributed by atoms with Gasteiger partial charge in [0.15, 0.2) is 6.61 Å². The maximum Gasteiger partial charge on any atom is 0.262 e. The lowest BCUT2D eigenvalue weighted by molar-refractivity contribution is -0.118. The van der Waals surface area contributed by atoms with Gasteiger partial charge in [-0.05, 0) is 56.2 Å². The molecule has 0 saturated carbocycles. The molecule has 172 valence electrons. The van der Waals surface area contributed by atoms with Gasteiger partial charge in [0.25, 0.3) is 11.5 Å². The molecule has 33 heavy (non-hydrogen) atoms. The first-order chi connectivity index (χ1) is 15.8. The standard InChI is InChI=1S/C23H24N4O5S/c1-16-13-21(28)26-23(24-16)17-5-4-6-18(14-17)25-22(29)15-32-19-7-9-20(10-8-19)33(30,31)27-11-2-3-12-27/h4-10,13-14H,2-3,11-12,15H2,1H3,(H,25,29)(H,24,26,28). The number of anilines is 1. The second-order valence-electron chi connectivity index (χ2n) is 7.74. The molecule has 0 spiro atoms. The molecule has 0 bridgehead atoms. The molecule has 1 aliphatic heterocycles. The van der Waals surface area contributed by atoms with Crippen LogP contribution in [-0.4, -0.2) is 48.3 Å². The van der Waals surface area contributed by atoms with Crippen LogP contribution in [0.4, 0.5) is 5.69 Å². The van der Waals surface area contributed by atoms with Gasteiger partial charge in [-0.25, -0.2) is 13.4 Å². The lowest BCUT2D eigenvalue weighted by Gasteiger charge is -2.15. The van der Waals surface area contributed by atoms with E-state index in [0.29, 0.717) is 41.6 Å². The number of aromatic nitrogens is 2. The molecule has 1 saturated heterocycles. The van der Waals surface area contributed by atoms with Gasteiger partial charge in [-0.1, -0.05) is 12.1 Å². The minimum Gasteiger partial charge on any atom is -0.484 e. The van der Waals surface area contributed by atoms with E-state index in [4.69, 9.17) is 4.74 Å². The molecule has 9 nitrogen and oxygen atoms in total. The maximum atomic E-state index is 12.6. The molecule has 0 radical (unpaired) electrons. The van der Waals surface area contributed by atoms with E-state index in [2.05, 4.69) is 15.3 Å². The molecule has 1 fully saturated rings. The van der Waals surface area contributed by atoms with Crippen LogP contribution in [0.15, 0.2) is 64.3 Å². The predicted molar refractivity (Wildman–Crippen MR) is 124 cm³/mol. The number of aromatic amines is 1. The van der Waals surface area contributed by atoms with Gasteiger partial charge in [0.2, 0.25) is 10.0 Å². The molecule has 3 aromatic rings. The van der Waals surface area contributed by atoms with Crippen LogP contribution in [0.1, 0.15) is 18.5 Å². The summed E-state index contributed by atoms with van der Waals surface area (Å²) < 4.78 is 32.1. The Morgan fingerprint density at radius 1 is 1.12 bits per heavy atom. The third kappa shape index (κ3) is 5.47. The van der Waals surface area contributed by atoms with Gasteiger partial charge in [-0.2, -0.15) is 4.31 Å². The van der Waals surface area contributed by atoms with Gasteiger partial charge >= 0.3 is 0 Å². The van der Waals surface area contributed by atoms with Crippen molar-refractivity contribution in [3.8, 4) is 17.1 Å². The number of carbonyl (C=O) groups is 1. The topological polar surface area (TPSA) is 121 Å². The molecule has 10 heteroatoms. The van der Waals surface area contributed by atoms with Gasteiger partial charge < -0.3 is 15.0 Å². The van der Waals surface area contributed by atoms with Crippen molar-refractivity contribution in [2.24, 2.45) is 0 Å². The highest BCUT2D eigenvalue weighted by Gasteiger charge is 2.26. The highest BCUT2D eigenvalue weighted by atomic mass is 32.2. The van der Waals surface area contributed by atoms with E-state index in [9.17, 15) is 18.0 Å². The van der Waals surface area contributed by atoms with E-state index < -0.39 is 10.0 Å². The van der Waals surface area contributed by atoms with E-state index in [1.165, 1.54) is 34.6 Å². The molecule has 2 heterocycles. The van der Waals surface area contributed by atoms with Crippen LogP contribution in [-0.2, 0) is 14.8 Å². The summed E-state index contributed by atoms with van der Waals surface area (Å²) >= 11 is 0. The molecule has 1 amide bonds. The number of hydrogen-bond donors (Lipinski definition) is 2. The van der Waals surface area contributed by atoms with Crippen LogP contribution in [0.3, 0.4) is 0 Å². The van der Waals surface area contributed by atoms with E-state index in [1.54, 1.807) is 31.2 Å². The van der Waals surface area contributed by atoms with Crippen LogP contribution in [0.25, 0.3) is 11.4 Å². The van der Waals surface area contributed by atoms with Gasteiger partial charge in [0, 0.05) is 36.1 Å². The zero-order valence-corrected chi connectivity index (χ0v) is 18.9. The Hall–Kier alpha value is -3.50. The number of sulfonamides is 1. The zero-order valence-electron chi connectivity index (χ0n) is 18.1. The Balaban J connectivity index is 1.36. The highest BCUT2D eigenvalue weighted by Crippen LogP contribution is 2.23. The number of aryl methyl sites for hydroxylation is 1. The Kier molecular flexibility index (Phi) is 6.57. The van der Waals surface area contributed by atoms with Crippen LogP contribution in [0.5, 0.6) is 5.75 Å². The van der Waals surface area contributed by atoms with Gasteiger partial charge in [-0.3, -0.25) is 9.59 Å². The van der Waals surface area contributed by atoms with Crippen molar-refractivity contribution in [1.82, 2.24) is 14.3 Å². The van der Waals surface area contributed by atoms with Crippen LogP contribution in [0, 0.1) is 6.92 Å². The van der Waals surface area contributed by atoms with Crippen molar-refractivity contribution in [1.29, 1.82) is 0 Å². The van der Waals surface area contributed by atoms with Crippen LogP contribution >= 0.6 is 0 Å². The van der Waals surface area contributed by atoms with Gasteiger partial charge in [0.1, 0.15) is 11.6 Å². The second kappa shape index (κ2) is 9.55. The summed E-state index contributed by atoms with van der Waals surface area (Å²) in [6.07, 6.45) is 1.75. The zero-order chi connectivity index (χ0) is 23.4. The van der Waals surface area contributed by atoms with Crippen molar-refractivity contribution in [3.05, 3.63) is 70.6 Å². The van der Waals surface area contributed by atoms with Crippen molar-refractivity contribution < 1.29 is 17.9 Å².